The van der Waals surface area contributed by atoms with Crippen LogP contribution < -0.4 is 10.1 Å². The third kappa shape index (κ3) is 3.82. The first-order chi connectivity index (χ1) is 9.22. The minimum Gasteiger partial charge on any atom is -0.497 e. The largest absolute Gasteiger partial charge is 0.497 e. The highest BCUT2D eigenvalue weighted by Crippen LogP contribution is 2.23. The van der Waals surface area contributed by atoms with E-state index in [4.69, 9.17) is 4.74 Å². The van der Waals surface area contributed by atoms with Crippen molar-refractivity contribution in [3.63, 3.8) is 0 Å². The fourth-order valence-electron chi connectivity index (χ4n) is 2.10. The Balaban J connectivity index is 2.17. The van der Waals surface area contributed by atoms with Gasteiger partial charge in [0, 0.05) is 10.5 Å². The van der Waals surface area contributed by atoms with Crippen molar-refractivity contribution >= 4 is 15.9 Å². The first-order valence-corrected chi connectivity index (χ1v) is 7.08. The number of benzene rings is 2. The molecule has 0 aliphatic heterocycles. The van der Waals surface area contributed by atoms with Crippen LogP contribution in [-0.2, 0) is 6.42 Å². The Kier molecular flexibility index (Phi) is 5.00. The lowest BCUT2D eigenvalue weighted by atomic mass is 9.99. The number of hydrogen-bond acceptors (Lipinski definition) is 2. The molecule has 0 fully saturated rings. The third-order valence-corrected chi connectivity index (χ3v) is 3.73. The van der Waals surface area contributed by atoms with Crippen LogP contribution in [0.5, 0.6) is 5.75 Å². The van der Waals surface area contributed by atoms with Crippen LogP contribution in [0.3, 0.4) is 0 Å². The molecule has 2 rings (SSSR count). The Labute approximate surface area is 122 Å². The van der Waals surface area contributed by atoms with Gasteiger partial charge in [-0.15, -0.1) is 0 Å². The first kappa shape index (κ1) is 14.1. The summed E-state index contributed by atoms with van der Waals surface area (Å²) in [4.78, 5) is 0. The highest BCUT2D eigenvalue weighted by Gasteiger charge is 2.10. The maximum Gasteiger partial charge on any atom is 0.119 e. The molecule has 19 heavy (non-hydrogen) atoms. The fourth-order valence-corrected chi connectivity index (χ4v) is 2.37. The van der Waals surface area contributed by atoms with Crippen LogP contribution >= 0.6 is 15.9 Å². The van der Waals surface area contributed by atoms with Gasteiger partial charge in [0.25, 0.3) is 0 Å². The lowest BCUT2D eigenvalue weighted by molar-refractivity contribution is 0.413. The zero-order valence-electron chi connectivity index (χ0n) is 11.2. The number of hydrogen-bond donors (Lipinski definition) is 1. The van der Waals surface area contributed by atoms with Crippen LogP contribution in [0.25, 0.3) is 0 Å². The molecule has 2 aromatic carbocycles. The summed E-state index contributed by atoms with van der Waals surface area (Å²) in [6.07, 6.45) is 0.955. The van der Waals surface area contributed by atoms with Gasteiger partial charge < -0.3 is 10.1 Å². The van der Waals surface area contributed by atoms with Gasteiger partial charge in [-0.2, -0.15) is 0 Å². The van der Waals surface area contributed by atoms with Gasteiger partial charge in [-0.3, -0.25) is 0 Å². The summed E-state index contributed by atoms with van der Waals surface area (Å²) in [5.74, 6) is 0.897. The van der Waals surface area contributed by atoms with Gasteiger partial charge in [-0.05, 0) is 48.9 Å². The second-order valence-corrected chi connectivity index (χ2v) is 5.36. The quantitative estimate of drug-likeness (QED) is 0.900. The molecule has 0 aliphatic carbocycles. The summed E-state index contributed by atoms with van der Waals surface area (Å²) in [6, 6.07) is 16.9. The van der Waals surface area contributed by atoms with Gasteiger partial charge in [0.15, 0.2) is 0 Å². The summed E-state index contributed by atoms with van der Waals surface area (Å²) in [5, 5.41) is 3.37. The predicted molar refractivity (Wildman–Crippen MR) is 82.6 cm³/mol. The average Bonchev–Trinajstić information content (AvgIpc) is 2.46. The van der Waals surface area contributed by atoms with Crippen LogP contribution in [0, 0.1) is 0 Å². The van der Waals surface area contributed by atoms with E-state index in [2.05, 4.69) is 57.6 Å². The van der Waals surface area contributed by atoms with Crippen molar-refractivity contribution in [2.24, 2.45) is 0 Å². The monoisotopic (exact) mass is 319 g/mol. The molecule has 100 valence electrons. The second kappa shape index (κ2) is 6.73. The van der Waals surface area contributed by atoms with Crippen LogP contribution in [0.15, 0.2) is 53.0 Å². The van der Waals surface area contributed by atoms with Crippen molar-refractivity contribution in [1.82, 2.24) is 5.32 Å². The third-order valence-electron chi connectivity index (χ3n) is 3.20. The van der Waals surface area contributed by atoms with Crippen molar-refractivity contribution in [3.8, 4) is 5.75 Å². The number of rotatable bonds is 5. The molecule has 0 saturated carbocycles. The Morgan fingerprint density at radius 1 is 1.16 bits per heavy atom. The topological polar surface area (TPSA) is 21.3 Å². The molecule has 2 nitrogen and oxygen atoms in total. The highest BCUT2D eigenvalue weighted by atomic mass is 79.9. The molecule has 1 N–H and O–H groups in total. The molecule has 0 aromatic heterocycles. The van der Waals surface area contributed by atoms with E-state index < -0.39 is 0 Å². The Morgan fingerprint density at radius 2 is 1.89 bits per heavy atom. The molecule has 1 unspecified atom stereocenters. The Bertz CT molecular complexity index is 525. The molecule has 0 amide bonds. The SMILES string of the molecule is CNC(Cc1ccc(Br)cc1)c1cccc(OC)c1. The zero-order chi connectivity index (χ0) is 13.7. The summed E-state index contributed by atoms with van der Waals surface area (Å²) >= 11 is 3.46. The van der Waals surface area contributed by atoms with Crippen LogP contribution in [-0.4, -0.2) is 14.2 Å². The van der Waals surface area contributed by atoms with Crippen LogP contribution in [0.2, 0.25) is 0 Å². The maximum absolute atomic E-state index is 5.28. The van der Waals surface area contributed by atoms with E-state index in [1.54, 1.807) is 7.11 Å². The van der Waals surface area contributed by atoms with E-state index in [9.17, 15) is 0 Å². The van der Waals surface area contributed by atoms with Gasteiger partial charge >= 0.3 is 0 Å². The van der Waals surface area contributed by atoms with E-state index >= 15 is 0 Å². The molecule has 0 spiro atoms. The molecular weight excluding hydrogens is 302 g/mol. The van der Waals surface area contributed by atoms with Gasteiger partial charge in [0.2, 0.25) is 0 Å². The maximum atomic E-state index is 5.28. The zero-order valence-corrected chi connectivity index (χ0v) is 12.8. The Hall–Kier alpha value is -1.32. The second-order valence-electron chi connectivity index (χ2n) is 4.45. The van der Waals surface area contributed by atoms with Crippen molar-refractivity contribution in [2.75, 3.05) is 14.2 Å². The van der Waals surface area contributed by atoms with E-state index in [0.29, 0.717) is 0 Å². The van der Waals surface area contributed by atoms with E-state index in [0.717, 1.165) is 16.6 Å². The summed E-state index contributed by atoms with van der Waals surface area (Å²) < 4.78 is 6.39. The Morgan fingerprint density at radius 3 is 2.53 bits per heavy atom. The molecule has 0 aliphatic rings. The molecule has 0 radical (unpaired) electrons. The lowest BCUT2D eigenvalue weighted by Gasteiger charge is -2.17. The number of halogens is 1. The van der Waals surface area contributed by atoms with Gasteiger partial charge in [0.1, 0.15) is 5.75 Å². The van der Waals surface area contributed by atoms with Crippen LogP contribution in [0.1, 0.15) is 17.2 Å². The lowest BCUT2D eigenvalue weighted by Crippen LogP contribution is -2.18. The number of methoxy groups -OCH3 is 1. The molecular formula is C16H18BrNO. The first-order valence-electron chi connectivity index (χ1n) is 6.28. The van der Waals surface area contributed by atoms with E-state index in [1.807, 2.05) is 19.2 Å². The molecule has 1 atom stereocenters. The molecule has 0 bridgehead atoms. The van der Waals surface area contributed by atoms with Crippen LogP contribution in [0.4, 0.5) is 0 Å². The molecule has 2 aromatic rings. The molecule has 0 heterocycles. The highest BCUT2D eigenvalue weighted by molar-refractivity contribution is 9.10. The van der Waals surface area contributed by atoms with Crippen molar-refractivity contribution in [3.05, 3.63) is 64.1 Å². The van der Waals surface area contributed by atoms with Gasteiger partial charge in [-0.1, -0.05) is 40.2 Å². The summed E-state index contributed by atoms with van der Waals surface area (Å²) in [7, 11) is 3.69. The number of likely N-dealkylation sites (N-methyl/N-ethyl adjacent to an activating group) is 1. The standard InChI is InChI=1S/C16H18BrNO/c1-18-16(10-12-6-8-14(17)9-7-12)13-4-3-5-15(11-13)19-2/h3-9,11,16,18H,10H2,1-2H3. The van der Waals surface area contributed by atoms with Crippen molar-refractivity contribution in [1.29, 1.82) is 0 Å². The van der Waals surface area contributed by atoms with Gasteiger partial charge in [0.05, 0.1) is 7.11 Å². The predicted octanol–water partition coefficient (Wildman–Crippen LogP) is 3.96. The van der Waals surface area contributed by atoms with Crippen molar-refractivity contribution < 1.29 is 4.74 Å². The van der Waals surface area contributed by atoms with Crippen molar-refractivity contribution in [2.45, 2.75) is 12.5 Å². The minimum absolute atomic E-state index is 0.288. The minimum atomic E-state index is 0.288. The van der Waals surface area contributed by atoms with E-state index in [1.165, 1.54) is 11.1 Å². The fraction of sp³-hybridized carbons (Fsp3) is 0.250. The summed E-state index contributed by atoms with van der Waals surface area (Å²) in [5.41, 5.74) is 2.55. The number of nitrogens with one attached hydrogen (secondary N) is 1. The van der Waals surface area contributed by atoms with E-state index in [-0.39, 0.29) is 6.04 Å². The summed E-state index contributed by atoms with van der Waals surface area (Å²) in [6.45, 7) is 0. The smallest absolute Gasteiger partial charge is 0.119 e. The average molecular weight is 320 g/mol. The molecule has 0 saturated heterocycles. The molecule has 3 heteroatoms. The normalized spacial score (nSPS) is 12.2. The van der Waals surface area contributed by atoms with Gasteiger partial charge in [-0.25, -0.2) is 0 Å². The number of ether oxygens (including phenoxy) is 1.